The number of anilines is 1. The Morgan fingerprint density at radius 3 is 2.53 bits per heavy atom. The van der Waals surface area contributed by atoms with Crippen LogP contribution >= 0.6 is 0 Å². The van der Waals surface area contributed by atoms with Gasteiger partial charge in [0, 0.05) is 19.2 Å². The van der Waals surface area contributed by atoms with Gasteiger partial charge >= 0.3 is 0 Å². The quantitative estimate of drug-likeness (QED) is 0.585. The van der Waals surface area contributed by atoms with Gasteiger partial charge in [-0.15, -0.1) is 0 Å². The number of nitro groups is 1. The summed E-state index contributed by atoms with van der Waals surface area (Å²) in [7, 11) is 0. The fourth-order valence-corrected chi connectivity index (χ4v) is 1.59. The van der Waals surface area contributed by atoms with Crippen molar-refractivity contribution >= 4 is 11.8 Å². The Kier molecular flexibility index (Phi) is 4.63. The molecule has 0 aliphatic heterocycles. The second-order valence-corrected chi connectivity index (χ2v) is 3.48. The highest BCUT2D eigenvalue weighted by atomic mass is 19.1. The summed E-state index contributed by atoms with van der Waals surface area (Å²) < 4.78 is 13.8. The van der Waals surface area contributed by atoms with E-state index in [4.69, 9.17) is 0 Å². The molecule has 0 saturated carbocycles. The van der Waals surface area contributed by atoms with Crippen molar-refractivity contribution in [1.29, 1.82) is 0 Å². The minimum Gasteiger partial charge on any atom is -0.370 e. The van der Waals surface area contributed by atoms with Crippen LogP contribution in [0.1, 0.15) is 19.4 Å². The van der Waals surface area contributed by atoms with Gasteiger partial charge in [-0.05, 0) is 31.5 Å². The lowest BCUT2D eigenvalue weighted by molar-refractivity contribution is -0.400. The van der Waals surface area contributed by atoms with E-state index in [1.54, 1.807) is 12.1 Å². The normalized spacial score (nSPS) is 10.8. The van der Waals surface area contributed by atoms with Crippen LogP contribution in [0.2, 0.25) is 0 Å². The summed E-state index contributed by atoms with van der Waals surface area (Å²) in [6, 6.07) is 4.60. The molecular weight excluding hydrogens is 223 g/mol. The van der Waals surface area contributed by atoms with Gasteiger partial charge in [0.15, 0.2) is 0 Å². The third kappa shape index (κ3) is 3.55. The van der Waals surface area contributed by atoms with E-state index >= 15 is 0 Å². The lowest BCUT2D eigenvalue weighted by Crippen LogP contribution is -2.22. The first-order chi connectivity index (χ1) is 8.08. The highest BCUT2D eigenvalue weighted by molar-refractivity contribution is 5.56. The molecule has 0 N–H and O–H groups in total. The van der Waals surface area contributed by atoms with Gasteiger partial charge in [-0.25, -0.2) is 4.39 Å². The Balaban J connectivity index is 2.97. The highest BCUT2D eigenvalue weighted by Gasteiger charge is 2.08. The molecule has 0 amide bonds. The van der Waals surface area contributed by atoms with Crippen molar-refractivity contribution < 1.29 is 9.31 Å². The van der Waals surface area contributed by atoms with Crippen molar-refractivity contribution in [3.05, 3.63) is 45.9 Å². The molecule has 1 aromatic rings. The van der Waals surface area contributed by atoms with Gasteiger partial charge in [-0.1, -0.05) is 6.07 Å². The lowest BCUT2D eigenvalue weighted by atomic mass is 10.2. The van der Waals surface area contributed by atoms with Gasteiger partial charge < -0.3 is 4.90 Å². The summed E-state index contributed by atoms with van der Waals surface area (Å²) in [5, 5.41) is 10.1. The molecule has 0 saturated heterocycles. The third-order valence-electron chi connectivity index (χ3n) is 2.46. The molecule has 0 spiro atoms. The number of benzene rings is 1. The van der Waals surface area contributed by atoms with Crippen LogP contribution in [0, 0.1) is 15.9 Å². The maximum Gasteiger partial charge on any atom is 0.235 e. The molecule has 0 heterocycles. The first-order valence-corrected chi connectivity index (χ1v) is 5.44. The average Bonchev–Trinajstić information content (AvgIpc) is 2.30. The fourth-order valence-electron chi connectivity index (χ4n) is 1.59. The Labute approximate surface area is 99.5 Å². The van der Waals surface area contributed by atoms with Crippen LogP contribution in [0.4, 0.5) is 10.1 Å². The lowest BCUT2D eigenvalue weighted by Gasteiger charge is -2.21. The highest BCUT2D eigenvalue weighted by Crippen LogP contribution is 2.20. The van der Waals surface area contributed by atoms with Crippen molar-refractivity contribution in [2.75, 3.05) is 18.0 Å². The fraction of sp³-hybridized carbons (Fsp3) is 0.333. The Morgan fingerprint density at radius 2 is 2.06 bits per heavy atom. The Morgan fingerprint density at radius 1 is 1.41 bits per heavy atom. The second kappa shape index (κ2) is 5.98. The molecule has 0 aliphatic rings. The Bertz CT molecular complexity index is 429. The standard InChI is InChI=1S/C12H15FN2O2/c1-3-14(4-2)12-6-5-10(9-11(12)13)7-8-15(16)17/h5-9H,3-4H2,1-2H3. The van der Waals surface area contributed by atoms with Gasteiger partial charge in [0.05, 0.1) is 10.6 Å². The maximum absolute atomic E-state index is 13.8. The van der Waals surface area contributed by atoms with Gasteiger partial charge in [0.2, 0.25) is 6.20 Å². The second-order valence-electron chi connectivity index (χ2n) is 3.48. The van der Waals surface area contributed by atoms with E-state index in [1.165, 1.54) is 12.1 Å². The summed E-state index contributed by atoms with van der Waals surface area (Å²) >= 11 is 0. The molecule has 1 aromatic carbocycles. The molecule has 0 radical (unpaired) electrons. The maximum atomic E-state index is 13.8. The summed E-state index contributed by atoms with van der Waals surface area (Å²) in [5.74, 6) is -0.362. The number of nitrogens with zero attached hydrogens (tertiary/aromatic N) is 2. The van der Waals surface area contributed by atoms with Crippen molar-refractivity contribution in [2.45, 2.75) is 13.8 Å². The van der Waals surface area contributed by atoms with Crippen molar-refractivity contribution in [3.8, 4) is 0 Å². The van der Waals surface area contributed by atoms with Crippen LogP contribution in [-0.4, -0.2) is 18.0 Å². The van der Waals surface area contributed by atoms with Gasteiger partial charge in [-0.3, -0.25) is 10.1 Å². The summed E-state index contributed by atoms with van der Waals surface area (Å²) in [5.41, 5.74) is 1.00. The molecule has 17 heavy (non-hydrogen) atoms. The number of hydrogen-bond acceptors (Lipinski definition) is 3. The van der Waals surface area contributed by atoms with E-state index in [9.17, 15) is 14.5 Å². The molecule has 5 heteroatoms. The molecule has 0 unspecified atom stereocenters. The largest absolute Gasteiger partial charge is 0.370 e. The molecular formula is C12H15FN2O2. The van der Waals surface area contributed by atoms with Crippen LogP contribution in [0.25, 0.3) is 6.08 Å². The molecule has 0 atom stereocenters. The van der Waals surface area contributed by atoms with E-state index < -0.39 is 4.92 Å². The zero-order valence-corrected chi connectivity index (χ0v) is 9.89. The van der Waals surface area contributed by atoms with E-state index in [2.05, 4.69) is 0 Å². The molecule has 1 rings (SSSR count). The summed E-state index contributed by atoms with van der Waals surface area (Å²) in [4.78, 5) is 11.5. The Hall–Kier alpha value is -1.91. The zero-order valence-electron chi connectivity index (χ0n) is 9.89. The molecule has 0 fully saturated rings. The molecule has 0 bridgehead atoms. The topological polar surface area (TPSA) is 46.4 Å². The molecule has 92 valence electrons. The van der Waals surface area contributed by atoms with Gasteiger partial charge in [0.1, 0.15) is 5.82 Å². The summed E-state index contributed by atoms with van der Waals surface area (Å²) in [6.07, 6.45) is 2.07. The minimum atomic E-state index is -0.573. The van der Waals surface area contributed by atoms with Crippen molar-refractivity contribution in [2.24, 2.45) is 0 Å². The van der Waals surface area contributed by atoms with Crippen LogP contribution in [-0.2, 0) is 0 Å². The van der Waals surface area contributed by atoms with Crippen molar-refractivity contribution in [3.63, 3.8) is 0 Å². The van der Waals surface area contributed by atoms with E-state index in [0.717, 1.165) is 19.3 Å². The van der Waals surface area contributed by atoms with Gasteiger partial charge in [0.25, 0.3) is 0 Å². The number of rotatable bonds is 5. The first-order valence-electron chi connectivity index (χ1n) is 5.44. The monoisotopic (exact) mass is 238 g/mol. The molecule has 0 aliphatic carbocycles. The van der Waals surface area contributed by atoms with E-state index in [-0.39, 0.29) is 5.82 Å². The number of halogens is 1. The third-order valence-corrected chi connectivity index (χ3v) is 2.46. The molecule has 0 aromatic heterocycles. The zero-order chi connectivity index (χ0) is 12.8. The SMILES string of the molecule is CCN(CC)c1ccc(C=C[N+](=O)[O-])cc1F. The van der Waals surface area contributed by atoms with Crippen LogP contribution in [0.15, 0.2) is 24.4 Å². The number of hydrogen-bond donors (Lipinski definition) is 0. The van der Waals surface area contributed by atoms with Crippen LogP contribution in [0.3, 0.4) is 0 Å². The summed E-state index contributed by atoms with van der Waals surface area (Å²) in [6.45, 7) is 5.34. The smallest absolute Gasteiger partial charge is 0.235 e. The predicted octanol–water partition coefficient (Wildman–Crippen LogP) is 2.92. The van der Waals surface area contributed by atoms with Crippen LogP contribution < -0.4 is 4.90 Å². The molecule has 4 nitrogen and oxygen atoms in total. The van der Waals surface area contributed by atoms with Crippen molar-refractivity contribution in [1.82, 2.24) is 0 Å². The van der Waals surface area contributed by atoms with Gasteiger partial charge in [-0.2, -0.15) is 0 Å². The average molecular weight is 238 g/mol. The van der Waals surface area contributed by atoms with E-state index in [1.807, 2.05) is 18.7 Å². The van der Waals surface area contributed by atoms with Crippen LogP contribution in [0.5, 0.6) is 0 Å². The first kappa shape index (κ1) is 13.2. The predicted molar refractivity (Wildman–Crippen MR) is 66.0 cm³/mol. The van der Waals surface area contributed by atoms with E-state index in [0.29, 0.717) is 11.3 Å². The minimum absolute atomic E-state index is 0.362.